The third-order valence-corrected chi connectivity index (χ3v) is 5.40. The number of hydrogen-bond donors (Lipinski definition) is 1. The van der Waals surface area contributed by atoms with Gasteiger partial charge >= 0.3 is 0 Å². The van der Waals surface area contributed by atoms with Crippen molar-refractivity contribution in [1.29, 1.82) is 0 Å². The highest BCUT2D eigenvalue weighted by atomic mass is 16.5. The second kappa shape index (κ2) is 7.16. The lowest BCUT2D eigenvalue weighted by Gasteiger charge is -2.27. The van der Waals surface area contributed by atoms with Gasteiger partial charge in [0.05, 0.1) is 26.3 Å². The maximum Gasteiger partial charge on any atom is 0.164 e. The number of methoxy groups -OCH3 is 2. The minimum Gasteiger partial charge on any atom is -0.497 e. The summed E-state index contributed by atoms with van der Waals surface area (Å²) in [5.41, 5.74) is 2.96. The molecule has 0 bridgehead atoms. The molecule has 0 saturated carbocycles. The molecule has 1 aliphatic heterocycles. The minimum absolute atomic E-state index is 0.335. The van der Waals surface area contributed by atoms with Crippen LogP contribution in [0.15, 0.2) is 48.8 Å². The summed E-state index contributed by atoms with van der Waals surface area (Å²) in [6.07, 6.45) is 4.74. The zero-order valence-corrected chi connectivity index (χ0v) is 16.4. The molecule has 0 saturated heterocycles. The minimum atomic E-state index is 0.335. The van der Waals surface area contributed by atoms with Crippen molar-refractivity contribution in [2.45, 2.75) is 13.0 Å². The van der Waals surface area contributed by atoms with Gasteiger partial charge in [0.25, 0.3) is 0 Å². The highest BCUT2D eigenvalue weighted by Crippen LogP contribution is 2.37. The number of para-hydroxylation sites is 1. The van der Waals surface area contributed by atoms with E-state index in [2.05, 4.69) is 25.8 Å². The second-order valence-electron chi connectivity index (χ2n) is 7.22. The molecule has 7 nitrogen and oxygen atoms in total. The first kappa shape index (κ1) is 17.6. The van der Waals surface area contributed by atoms with Crippen LogP contribution < -0.4 is 14.2 Å². The van der Waals surface area contributed by atoms with Gasteiger partial charge in [0.1, 0.15) is 11.4 Å². The number of fused-ring (bicyclic) bond motifs is 2. The molecule has 0 fully saturated rings. The van der Waals surface area contributed by atoms with Gasteiger partial charge in [-0.25, -0.2) is 4.98 Å². The Bertz CT molecular complexity index is 1160. The van der Waals surface area contributed by atoms with E-state index >= 15 is 0 Å². The number of hydrogen-bond acceptors (Lipinski definition) is 5. The first-order valence-corrected chi connectivity index (χ1v) is 9.59. The third-order valence-electron chi connectivity index (χ3n) is 5.40. The second-order valence-corrected chi connectivity index (χ2v) is 7.22. The Labute approximate surface area is 168 Å². The molecule has 1 aliphatic rings. The van der Waals surface area contributed by atoms with E-state index in [0.717, 1.165) is 52.6 Å². The van der Waals surface area contributed by atoms with E-state index < -0.39 is 0 Å². The van der Waals surface area contributed by atoms with Crippen molar-refractivity contribution in [3.05, 3.63) is 54.4 Å². The quantitative estimate of drug-likeness (QED) is 0.563. The monoisotopic (exact) mass is 390 g/mol. The van der Waals surface area contributed by atoms with Crippen LogP contribution in [0.4, 0.5) is 0 Å². The molecule has 1 N–H and O–H groups in total. The van der Waals surface area contributed by atoms with E-state index in [-0.39, 0.29) is 0 Å². The summed E-state index contributed by atoms with van der Waals surface area (Å²) in [6.45, 7) is 1.43. The van der Waals surface area contributed by atoms with Crippen LogP contribution in [-0.4, -0.2) is 40.6 Å². The summed E-state index contributed by atoms with van der Waals surface area (Å²) in [7, 11) is 3.34. The fraction of sp³-hybridized carbons (Fsp3) is 0.273. The summed E-state index contributed by atoms with van der Waals surface area (Å²) in [5, 5.41) is 8.59. The van der Waals surface area contributed by atoms with Crippen LogP contribution in [0.25, 0.3) is 22.4 Å². The van der Waals surface area contributed by atoms with Crippen LogP contribution in [0.1, 0.15) is 5.56 Å². The van der Waals surface area contributed by atoms with Crippen molar-refractivity contribution >= 4 is 10.9 Å². The summed E-state index contributed by atoms with van der Waals surface area (Å²) in [4.78, 5) is 4.58. The summed E-state index contributed by atoms with van der Waals surface area (Å²) >= 11 is 0. The van der Waals surface area contributed by atoms with E-state index in [0.29, 0.717) is 12.5 Å². The van der Waals surface area contributed by atoms with Crippen molar-refractivity contribution in [2.75, 3.05) is 20.8 Å². The average Bonchev–Trinajstić information content (AvgIpc) is 3.38. The molecule has 148 valence electrons. The predicted octanol–water partition coefficient (Wildman–Crippen LogP) is 3.69. The van der Waals surface area contributed by atoms with Crippen molar-refractivity contribution in [1.82, 2.24) is 19.7 Å². The van der Waals surface area contributed by atoms with Gasteiger partial charge in [-0.05, 0) is 36.2 Å². The van der Waals surface area contributed by atoms with E-state index in [1.54, 1.807) is 14.2 Å². The number of benzene rings is 2. The number of ether oxygens (including phenoxy) is 3. The van der Waals surface area contributed by atoms with E-state index in [4.69, 9.17) is 14.2 Å². The highest BCUT2D eigenvalue weighted by Gasteiger charge is 2.24. The Hall–Kier alpha value is -3.48. The Morgan fingerprint density at radius 2 is 2.14 bits per heavy atom. The molecule has 4 aromatic rings. The van der Waals surface area contributed by atoms with Gasteiger partial charge < -0.3 is 18.8 Å². The zero-order chi connectivity index (χ0) is 19.8. The molecule has 2 aromatic heterocycles. The van der Waals surface area contributed by atoms with Gasteiger partial charge in [0.15, 0.2) is 17.3 Å². The lowest BCUT2D eigenvalue weighted by molar-refractivity contribution is 0.198. The van der Waals surface area contributed by atoms with Crippen LogP contribution in [-0.2, 0) is 13.0 Å². The summed E-state index contributed by atoms with van der Waals surface area (Å²) in [5.74, 6) is 3.62. The zero-order valence-electron chi connectivity index (χ0n) is 16.4. The topological polar surface area (TPSA) is 74.2 Å². The standard InChI is InChI=1S/C22H22N4O3/c1-27-16-6-7-18-17(11-16)20(25-24-18)22-23-8-9-26(22)12-14-10-15-4-3-5-19(28-2)21(15)29-13-14/h3-9,11,14H,10,12-13H2,1-2H3,(H,24,25). The van der Waals surface area contributed by atoms with Gasteiger partial charge in [0, 0.05) is 30.2 Å². The Morgan fingerprint density at radius 1 is 1.21 bits per heavy atom. The van der Waals surface area contributed by atoms with Crippen LogP contribution in [0.3, 0.4) is 0 Å². The summed E-state index contributed by atoms with van der Waals surface area (Å²) < 4.78 is 19.0. The maximum atomic E-state index is 6.04. The molecule has 2 aromatic carbocycles. The van der Waals surface area contributed by atoms with Crippen LogP contribution >= 0.6 is 0 Å². The van der Waals surface area contributed by atoms with Crippen LogP contribution in [0, 0.1) is 5.92 Å². The molecule has 29 heavy (non-hydrogen) atoms. The number of nitrogens with one attached hydrogen (secondary N) is 1. The molecule has 1 atom stereocenters. The Balaban J connectivity index is 1.43. The lowest BCUT2D eigenvalue weighted by atomic mass is 9.96. The summed E-state index contributed by atoms with van der Waals surface area (Å²) in [6, 6.07) is 11.9. The van der Waals surface area contributed by atoms with Crippen molar-refractivity contribution < 1.29 is 14.2 Å². The van der Waals surface area contributed by atoms with Gasteiger partial charge in [-0.3, -0.25) is 5.10 Å². The van der Waals surface area contributed by atoms with Crippen LogP contribution in [0.2, 0.25) is 0 Å². The highest BCUT2D eigenvalue weighted by molar-refractivity contribution is 5.92. The molecule has 0 radical (unpaired) electrons. The molecule has 0 amide bonds. The van der Waals surface area contributed by atoms with Gasteiger partial charge in [-0.2, -0.15) is 5.10 Å². The molecular formula is C22H22N4O3. The number of aromatic nitrogens is 4. The van der Waals surface area contributed by atoms with E-state index in [1.165, 1.54) is 5.56 Å². The van der Waals surface area contributed by atoms with Crippen LogP contribution in [0.5, 0.6) is 17.2 Å². The number of rotatable bonds is 5. The average molecular weight is 390 g/mol. The predicted molar refractivity (Wildman–Crippen MR) is 110 cm³/mol. The first-order chi connectivity index (χ1) is 14.3. The molecule has 0 aliphatic carbocycles. The smallest absolute Gasteiger partial charge is 0.164 e. The SMILES string of the molecule is COc1ccc2[nH]nc(-c3nccn3CC3COc4c(cccc4OC)C3)c2c1. The maximum absolute atomic E-state index is 6.04. The van der Waals surface area contributed by atoms with Crippen molar-refractivity contribution in [2.24, 2.45) is 5.92 Å². The van der Waals surface area contributed by atoms with E-state index in [9.17, 15) is 0 Å². The van der Waals surface area contributed by atoms with Gasteiger partial charge in [-0.15, -0.1) is 0 Å². The number of nitrogens with zero attached hydrogens (tertiary/aromatic N) is 3. The molecule has 7 heteroatoms. The molecule has 5 rings (SSSR count). The Kier molecular flexibility index (Phi) is 4.35. The fourth-order valence-electron chi connectivity index (χ4n) is 3.98. The number of aromatic amines is 1. The molecule has 3 heterocycles. The van der Waals surface area contributed by atoms with E-state index in [1.807, 2.05) is 42.7 Å². The Morgan fingerprint density at radius 3 is 3.00 bits per heavy atom. The van der Waals surface area contributed by atoms with Gasteiger partial charge in [0.2, 0.25) is 0 Å². The largest absolute Gasteiger partial charge is 0.497 e. The van der Waals surface area contributed by atoms with Gasteiger partial charge in [-0.1, -0.05) is 12.1 Å². The molecule has 1 unspecified atom stereocenters. The third kappa shape index (κ3) is 3.08. The normalized spacial score (nSPS) is 15.7. The molecule has 0 spiro atoms. The first-order valence-electron chi connectivity index (χ1n) is 9.59. The van der Waals surface area contributed by atoms with Crippen molar-refractivity contribution in [3.8, 4) is 28.8 Å². The molecular weight excluding hydrogens is 368 g/mol. The fourth-order valence-corrected chi connectivity index (χ4v) is 3.98. The number of H-pyrrole nitrogens is 1. The van der Waals surface area contributed by atoms with Crippen molar-refractivity contribution in [3.63, 3.8) is 0 Å². The lowest BCUT2D eigenvalue weighted by Crippen LogP contribution is -2.25. The number of imidazole rings is 1.